The molecular formula is C11H17NS. The van der Waals surface area contributed by atoms with Gasteiger partial charge in [0.15, 0.2) is 0 Å². The Labute approximate surface area is 84.9 Å². The van der Waals surface area contributed by atoms with Crippen LogP contribution in [0.1, 0.15) is 19.4 Å². The summed E-state index contributed by atoms with van der Waals surface area (Å²) in [7, 11) is 1.99. The van der Waals surface area contributed by atoms with Gasteiger partial charge >= 0.3 is 0 Å². The SMILES string of the molecule is CNC(C)(C)c1ccc(SC)cc1. The van der Waals surface area contributed by atoms with Crippen LogP contribution in [-0.2, 0) is 5.54 Å². The van der Waals surface area contributed by atoms with Gasteiger partial charge in [0.1, 0.15) is 0 Å². The highest BCUT2D eigenvalue weighted by Crippen LogP contribution is 2.22. The first-order chi connectivity index (χ1) is 6.10. The van der Waals surface area contributed by atoms with Crippen LogP contribution in [0.2, 0.25) is 0 Å². The summed E-state index contributed by atoms with van der Waals surface area (Å²) in [6.07, 6.45) is 2.10. The molecule has 1 nitrogen and oxygen atoms in total. The van der Waals surface area contributed by atoms with Crippen molar-refractivity contribution >= 4 is 11.8 Å². The molecule has 0 aliphatic carbocycles. The van der Waals surface area contributed by atoms with Crippen molar-refractivity contribution in [2.24, 2.45) is 0 Å². The predicted octanol–water partition coefficient (Wildman–Crippen LogP) is 2.86. The van der Waals surface area contributed by atoms with Gasteiger partial charge in [0.25, 0.3) is 0 Å². The van der Waals surface area contributed by atoms with E-state index < -0.39 is 0 Å². The Morgan fingerprint density at radius 1 is 1.15 bits per heavy atom. The molecule has 13 heavy (non-hydrogen) atoms. The van der Waals surface area contributed by atoms with E-state index in [-0.39, 0.29) is 5.54 Å². The second kappa shape index (κ2) is 4.16. The van der Waals surface area contributed by atoms with Crippen molar-refractivity contribution in [3.63, 3.8) is 0 Å². The quantitative estimate of drug-likeness (QED) is 0.744. The molecule has 0 heterocycles. The Balaban J connectivity index is 2.92. The van der Waals surface area contributed by atoms with E-state index in [4.69, 9.17) is 0 Å². The summed E-state index contributed by atoms with van der Waals surface area (Å²) in [6.45, 7) is 4.36. The van der Waals surface area contributed by atoms with Crippen LogP contribution in [0.5, 0.6) is 0 Å². The van der Waals surface area contributed by atoms with Crippen LogP contribution < -0.4 is 5.32 Å². The van der Waals surface area contributed by atoms with Crippen LogP contribution in [0.25, 0.3) is 0 Å². The zero-order valence-electron chi connectivity index (χ0n) is 8.72. The molecule has 0 saturated heterocycles. The lowest BCUT2D eigenvalue weighted by atomic mass is 9.95. The van der Waals surface area contributed by atoms with E-state index in [9.17, 15) is 0 Å². The van der Waals surface area contributed by atoms with Crippen LogP contribution >= 0.6 is 11.8 Å². The Hall–Kier alpha value is -0.470. The van der Waals surface area contributed by atoms with Gasteiger partial charge in [0.05, 0.1) is 0 Å². The third kappa shape index (κ3) is 2.48. The predicted molar refractivity (Wildman–Crippen MR) is 60.3 cm³/mol. The minimum Gasteiger partial charge on any atom is -0.311 e. The number of hydrogen-bond donors (Lipinski definition) is 1. The first-order valence-corrected chi connectivity index (χ1v) is 5.66. The molecular weight excluding hydrogens is 178 g/mol. The molecule has 0 unspecified atom stereocenters. The molecule has 1 aromatic carbocycles. The molecule has 0 atom stereocenters. The molecule has 0 bridgehead atoms. The first kappa shape index (κ1) is 10.6. The molecule has 2 heteroatoms. The minimum absolute atomic E-state index is 0.0664. The van der Waals surface area contributed by atoms with Gasteiger partial charge in [-0.1, -0.05) is 12.1 Å². The molecule has 0 amide bonds. The highest BCUT2D eigenvalue weighted by molar-refractivity contribution is 7.98. The van der Waals surface area contributed by atoms with Gasteiger partial charge in [-0.15, -0.1) is 11.8 Å². The molecule has 1 N–H and O–H groups in total. The van der Waals surface area contributed by atoms with Crippen LogP contribution in [-0.4, -0.2) is 13.3 Å². The maximum Gasteiger partial charge on any atom is 0.0374 e. The molecule has 0 radical (unpaired) electrons. The fraction of sp³-hybridized carbons (Fsp3) is 0.455. The Morgan fingerprint density at radius 3 is 2.08 bits per heavy atom. The number of nitrogens with one attached hydrogen (secondary N) is 1. The molecule has 1 aromatic rings. The average molecular weight is 195 g/mol. The number of rotatable bonds is 3. The summed E-state index contributed by atoms with van der Waals surface area (Å²) < 4.78 is 0. The summed E-state index contributed by atoms with van der Waals surface area (Å²) in [4.78, 5) is 1.32. The van der Waals surface area contributed by atoms with Crippen molar-refractivity contribution in [3.05, 3.63) is 29.8 Å². The Morgan fingerprint density at radius 2 is 1.69 bits per heavy atom. The van der Waals surface area contributed by atoms with E-state index in [0.717, 1.165) is 0 Å². The maximum absolute atomic E-state index is 3.29. The van der Waals surface area contributed by atoms with E-state index in [1.807, 2.05) is 7.05 Å². The van der Waals surface area contributed by atoms with E-state index in [1.165, 1.54) is 10.5 Å². The minimum atomic E-state index is 0.0664. The van der Waals surface area contributed by atoms with Crippen molar-refractivity contribution in [2.75, 3.05) is 13.3 Å². The fourth-order valence-corrected chi connectivity index (χ4v) is 1.56. The summed E-state index contributed by atoms with van der Waals surface area (Å²) in [5.74, 6) is 0. The molecule has 0 aliphatic rings. The average Bonchev–Trinajstić information content (AvgIpc) is 2.18. The highest BCUT2D eigenvalue weighted by Gasteiger charge is 2.16. The second-order valence-electron chi connectivity index (χ2n) is 3.60. The van der Waals surface area contributed by atoms with Gasteiger partial charge in [-0.25, -0.2) is 0 Å². The molecule has 0 aromatic heterocycles. The molecule has 0 fully saturated rings. The van der Waals surface area contributed by atoms with Crippen molar-refractivity contribution in [1.82, 2.24) is 5.32 Å². The summed E-state index contributed by atoms with van der Waals surface area (Å²) in [6, 6.07) is 8.70. The van der Waals surface area contributed by atoms with Crippen molar-refractivity contribution in [2.45, 2.75) is 24.3 Å². The fourth-order valence-electron chi connectivity index (χ4n) is 1.15. The zero-order chi connectivity index (χ0) is 9.90. The molecule has 0 aliphatic heterocycles. The lowest BCUT2D eigenvalue weighted by Crippen LogP contribution is -2.32. The van der Waals surface area contributed by atoms with Gasteiger partial charge < -0.3 is 5.32 Å². The first-order valence-electron chi connectivity index (χ1n) is 4.43. The second-order valence-corrected chi connectivity index (χ2v) is 4.48. The molecule has 72 valence electrons. The topological polar surface area (TPSA) is 12.0 Å². The third-order valence-corrected chi connectivity index (χ3v) is 3.18. The Kier molecular flexibility index (Phi) is 3.40. The summed E-state index contributed by atoms with van der Waals surface area (Å²) in [5, 5.41) is 3.29. The number of benzene rings is 1. The van der Waals surface area contributed by atoms with Gasteiger partial charge in [-0.05, 0) is 44.8 Å². The van der Waals surface area contributed by atoms with E-state index in [1.54, 1.807) is 11.8 Å². The van der Waals surface area contributed by atoms with E-state index in [2.05, 4.69) is 49.7 Å². The zero-order valence-corrected chi connectivity index (χ0v) is 9.53. The van der Waals surface area contributed by atoms with Gasteiger partial charge in [0.2, 0.25) is 0 Å². The summed E-state index contributed by atoms with van der Waals surface area (Å²) >= 11 is 1.78. The monoisotopic (exact) mass is 195 g/mol. The van der Waals surface area contributed by atoms with E-state index in [0.29, 0.717) is 0 Å². The van der Waals surface area contributed by atoms with Crippen LogP contribution in [0.15, 0.2) is 29.2 Å². The molecule has 0 spiro atoms. The number of hydrogen-bond acceptors (Lipinski definition) is 2. The maximum atomic E-state index is 3.29. The van der Waals surface area contributed by atoms with E-state index >= 15 is 0 Å². The highest BCUT2D eigenvalue weighted by atomic mass is 32.2. The van der Waals surface area contributed by atoms with Crippen molar-refractivity contribution in [3.8, 4) is 0 Å². The normalized spacial score (nSPS) is 11.7. The number of thioether (sulfide) groups is 1. The summed E-state index contributed by atoms with van der Waals surface area (Å²) in [5.41, 5.74) is 1.39. The largest absolute Gasteiger partial charge is 0.311 e. The van der Waals surface area contributed by atoms with Crippen LogP contribution in [0.3, 0.4) is 0 Å². The molecule has 0 saturated carbocycles. The third-order valence-electron chi connectivity index (χ3n) is 2.44. The lowest BCUT2D eigenvalue weighted by Gasteiger charge is -2.24. The van der Waals surface area contributed by atoms with Crippen LogP contribution in [0, 0.1) is 0 Å². The standard InChI is InChI=1S/C11H17NS/c1-11(2,12-3)9-5-7-10(13-4)8-6-9/h5-8,12H,1-4H3. The molecule has 1 rings (SSSR count). The lowest BCUT2D eigenvalue weighted by molar-refractivity contribution is 0.444. The van der Waals surface area contributed by atoms with Crippen molar-refractivity contribution in [1.29, 1.82) is 0 Å². The van der Waals surface area contributed by atoms with Gasteiger partial charge in [0, 0.05) is 10.4 Å². The Bertz CT molecular complexity index is 264. The van der Waals surface area contributed by atoms with Crippen molar-refractivity contribution < 1.29 is 0 Å². The smallest absolute Gasteiger partial charge is 0.0374 e. The van der Waals surface area contributed by atoms with Crippen LogP contribution in [0.4, 0.5) is 0 Å². The van der Waals surface area contributed by atoms with Gasteiger partial charge in [-0.2, -0.15) is 0 Å². The van der Waals surface area contributed by atoms with Gasteiger partial charge in [-0.3, -0.25) is 0 Å².